The molecule has 6 nitrogen and oxygen atoms in total. The van der Waals surface area contributed by atoms with Crippen molar-refractivity contribution in [3.63, 3.8) is 0 Å². The topological polar surface area (TPSA) is 78.6 Å². The molecule has 0 radical (unpaired) electrons. The first-order valence-corrected chi connectivity index (χ1v) is 8.63. The van der Waals surface area contributed by atoms with Crippen LogP contribution in [0.2, 0.25) is 0 Å². The molecule has 0 spiro atoms. The molecule has 23 heavy (non-hydrogen) atoms. The number of carbonyl (C=O) groups excluding carboxylic acids is 1. The minimum atomic E-state index is -0.231. The number of hydrogen-bond acceptors (Lipinski definition) is 5. The largest absolute Gasteiger partial charge is 0.393 e. The Balaban J connectivity index is 1.97. The Morgan fingerprint density at radius 2 is 2.35 bits per heavy atom. The summed E-state index contributed by atoms with van der Waals surface area (Å²) in [6, 6.07) is 1.51. The van der Waals surface area contributed by atoms with Gasteiger partial charge in [0.2, 0.25) is 5.91 Å². The molecular formula is C17H29N3O3. The van der Waals surface area contributed by atoms with E-state index >= 15 is 0 Å². The van der Waals surface area contributed by atoms with Gasteiger partial charge in [0.05, 0.1) is 12.1 Å². The maximum Gasteiger partial charge on any atom is 0.242 e. The van der Waals surface area contributed by atoms with Crippen molar-refractivity contribution < 1.29 is 14.4 Å². The average Bonchev–Trinajstić information content (AvgIpc) is 3.08. The molecule has 1 saturated carbocycles. The Hall–Kier alpha value is -1.40. The minimum Gasteiger partial charge on any atom is -0.393 e. The van der Waals surface area contributed by atoms with Crippen molar-refractivity contribution in [1.82, 2.24) is 10.1 Å². The molecule has 2 rings (SSSR count). The number of hydrogen-bond donors (Lipinski definition) is 2. The van der Waals surface area contributed by atoms with Crippen LogP contribution in [0.25, 0.3) is 0 Å². The number of rotatable bonds is 8. The second-order valence-electron chi connectivity index (χ2n) is 6.67. The highest BCUT2D eigenvalue weighted by atomic mass is 16.5. The molecule has 6 heteroatoms. The third-order valence-electron chi connectivity index (χ3n) is 4.69. The first-order valence-electron chi connectivity index (χ1n) is 8.63. The second kappa shape index (κ2) is 8.45. The summed E-state index contributed by atoms with van der Waals surface area (Å²) >= 11 is 0. The van der Waals surface area contributed by atoms with Crippen LogP contribution >= 0.6 is 0 Å². The number of nitrogens with one attached hydrogen (secondary N) is 1. The third-order valence-corrected chi connectivity index (χ3v) is 4.69. The van der Waals surface area contributed by atoms with Crippen LogP contribution in [0.1, 0.15) is 51.2 Å². The van der Waals surface area contributed by atoms with Crippen molar-refractivity contribution in [1.29, 1.82) is 0 Å². The Morgan fingerprint density at radius 3 is 2.91 bits per heavy atom. The Bertz CT molecular complexity index is 503. The fourth-order valence-electron chi connectivity index (χ4n) is 3.31. The van der Waals surface area contributed by atoms with Crippen molar-refractivity contribution in [2.45, 2.75) is 64.5 Å². The normalized spacial score (nSPS) is 22.5. The average molecular weight is 323 g/mol. The lowest BCUT2D eigenvalue weighted by Gasteiger charge is -2.30. The third kappa shape index (κ3) is 5.04. The predicted octanol–water partition coefficient (Wildman–Crippen LogP) is 2.57. The quantitative estimate of drug-likeness (QED) is 0.769. The van der Waals surface area contributed by atoms with Gasteiger partial charge in [-0.25, -0.2) is 0 Å². The minimum absolute atomic E-state index is 0.0539. The van der Waals surface area contributed by atoms with Crippen molar-refractivity contribution in [3.8, 4) is 0 Å². The summed E-state index contributed by atoms with van der Waals surface area (Å²) in [6.07, 6.45) is 5.60. The van der Waals surface area contributed by atoms with Crippen LogP contribution in [-0.4, -0.2) is 46.8 Å². The molecule has 2 N–H and O–H groups in total. The number of likely N-dealkylation sites (N-methyl/N-ethyl adjacent to an activating group) is 1. The number of anilines is 1. The predicted molar refractivity (Wildman–Crippen MR) is 89.2 cm³/mol. The SMILES string of the molecule is CCCCC(C(=O)Nc1cc(C)on1)N(C)CC1CCCC1O. The summed E-state index contributed by atoms with van der Waals surface area (Å²) in [5, 5.41) is 16.7. The number of aliphatic hydroxyl groups excluding tert-OH is 1. The van der Waals surface area contributed by atoms with Gasteiger partial charge < -0.3 is 14.9 Å². The van der Waals surface area contributed by atoms with E-state index in [1.807, 2.05) is 7.05 Å². The molecule has 3 atom stereocenters. The molecule has 1 aromatic rings. The number of aliphatic hydroxyl groups is 1. The van der Waals surface area contributed by atoms with Gasteiger partial charge in [-0.15, -0.1) is 0 Å². The number of amides is 1. The van der Waals surface area contributed by atoms with E-state index in [9.17, 15) is 9.90 Å². The summed E-state index contributed by atoms with van der Waals surface area (Å²) in [6.45, 7) is 4.67. The summed E-state index contributed by atoms with van der Waals surface area (Å²) in [7, 11) is 1.97. The molecule has 1 heterocycles. The standard InChI is InChI=1S/C17H29N3O3/c1-4-5-8-14(17(22)18-16-10-12(2)23-19-16)20(3)11-13-7-6-9-15(13)21/h10,13-15,21H,4-9,11H2,1-3H3,(H,18,19,22). The molecule has 3 unspecified atom stereocenters. The first-order chi connectivity index (χ1) is 11.0. The van der Waals surface area contributed by atoms with E-state index in [2.05, 4.69) is 22.3 Å². The lowest BCUT2D eigenvalue weighted by Crippen LogP contribution is -2.45. The van der Waals surface area contributed by atoms with Crippen LogP contribution in [0.15, 0.2) is 10.6 Å². The zero-order valence-corrected chi connectivity index (χ0v) is 14.4. The molecule has 0 aromatic carbocycles. The number of aromatic nitrogens is 1. The van der Waals surface area contributed by atoms with Crippen molar-refractivity contribution in [2.75, 3.05) is 18.9 Å². The maximum atomic E-state index is 12.6. The van der Waals surface area contributed by atoms with E-state index in [4.69, 9.17) is 4.52 Å². The molecule has 1 aliphatic rings. The summed E-state index contributed by atoms with van der Waals surface area (Å²) < 4.78 is 5.00. The van der Waals surface area contributed by atoms with E-state index in [0.29, 0.717) is 11.6 Å². The fourth-order valence-corrected chi connectivity index (χ4v) is 3.31. The van der Waals surface area contributed by atoms with E-state index in [0.717, 1.165) is 45.1 Å². The molecule has 1 aromatic heterocycles. The summed E-state index contributed by atoms with van der Waals surface area (Å²) in [5.74, 6) is 1.35. The molecule has 1 aliphatic carbocycles. The van der Waals surface area contributed by atoms with Crippen LogP contribution in [0, 0.1) is 12.8 Å². The highest BCUT2D eigenvalue weighted by molar-refractivity contribution is 5.93. The van der Waals surface area contributed by atoms with Crippen LogP contribution in [0.4, 0.5) is 5.82 Å². The van der Waals surface area contributed by atoms with Gasteiger partial charge in [-0.05, 0) is 39.2 Å². The van der Waals surface area contributed by atoms with Gasteiger partial charge in [-0.3, -0.25) is 9.69 Å². The lowest BCUT2D eigenvalue weighted by atomic mass is 10.0. The Labute approximate surface area is 138 Å². The lowest BCUT2D eigenvalue weighted by molar-refractivity contribution is -0.121. The van der Waals surface area contributed by atoms with E-state index in [-0.39, 0.29) is 24.0 Å². The molecule has 1 fully saturated rings. The first kappa shape index (κ1) is 17.9. The molecule has 0 bridgehead atoms. The van der Waals surface area contributed by atoms with Gasteiger partial charge in [-0.1, -0.05) is 31.3 Å². The second-order valence-corrected chi connectivity index (χ2v) is 6.67. The van der Waals surface area contributed by atoms with Crippen molar-refractivity contribution in [3.05, 3.63) is 11.8 Å². The van der Waals surface area contributed by atoms with E-state index < -0.39 is 0 Å². The Morgan fingerprint density at radius 1 is 1.57 bits per heavy atom. The van der Waals surface area contributed by atoms with Gasteiger partial charge >= 0.3 is 0 Å². The highest BCUT2D eigenvalue weighted by Crippen LogP contribution is 2.27. The van der Waals surface area contributed by atoms with Crippen LogP contribution < -0.4 is 5.32 Å². The maximum absolute atomic E-state index is 12.6. The van der Waals surface area contributed by atoms with Crippen LogP contribution in [-0.2, 0) is 4.79 Å². The van der Waals surface area contributed by atoms with Gasteiger partial charge in [-0.2, -0.15) is 0 Å². The number of carbonyl (C=O) groups is 1. The zero-order valence-electron chi connectivity index (χ0n) is 14.4. The molecule has 0 aliphatic heterocycles. The number of aryl methyl sites for hydroxylation is 1. The molecular weight excluding hydrogens is 294 g/mol. The van der Waals surface area contributed by atoms with E-state index in [1.54, 1.807) is 13.0 Å². The molecule has 130 valence electrons. The van der Waals surface area contributed by atoms with Crippen LogP contribution in [0.3, 0.4) is 0 Å². The smallest absolute Gasteiger partial charge is 0.242 e. The van der Waals surface area contributed by atoms with Gasteiger partial charge in [0.15, 0.2) is 5.82 Å². The highest BCUT2D eigenvalue weighted by Gasteiger charge is 2.30. The molecule has 1 amide bonds. The monoisotopic (exact) mass is 323 g/mol. The van der Waals surface area contributed by atoms with Crippen LogP contribution in [0.5, 0.6) is 0 Å². The number of nitrogens with zero attached hydrogens (tertiary/aromatic N) is 2. The molecule has 0 saturated heterocycles. The van der Waals surface area contributed by atoms with Gasteiger partial charge in [0.25, 0.3) is 0 Å². The van der Waals surface area contributed by atoms with Gasteiger partial charge in [0.1, 0.15) is 5.76 Å². The van der Waals surface area contributed by atoms with Crippen molar-refractivity contribution >= 4 is 11.7 Å². The van der Waals surface area contributed by atoms with Crippen molar-refractivity contribution in [2.24, 2.45) is 5.92 Å². The van der Waals surface area contributed by atoms with E-state index in [1.165, 1.54) is 0 Å². The summed E-state index contributed by atoms with van der Waals surface area (Å²) in [4.78, 5) is 14.7. The Kier molecular flexibility index (Phi) is 6.59. The number of unbranched alkanes of at least 4 members (excludes halogenated alkanes) is 1. The fraction of sp³-hybridized carbons (Fsp3) is 0.765. The summed E-state index contributed by atoms with van der Waals surface area (Å²) in [5.41, 5.74) is 0. The van der Waals surface area contributed by atoms with Gasteiger partial charge in [0, 0.05) is 12.6 Å². The zero-order chi connectivity index (χ0) is 16.8.